The average Bonchev–Trinajstić information content (AvgIpc) is 2.38. The van der Waals surface area contributed by atoms with Crippen LogP contribution in [-0.2, 0) is 16.5 Å². The van der Waals surface area contributed by atoms with Crippen LogP contribution in [0.5, 0.6) is 0 Å². The Labute approximate surface area is 142 Å². The van der Waals surface area contributed by atoms with Crippen molar-refractivity contribution in [3.63, 3.8) is 0 Å². The van der Waals surface area contributed by atoms with Crippen molar-refractivity contribution in [1.82, 2.24) is 9.13 Å². The predicted molar refractivity (Wildman–Crippen MR) is 99.4 cm³/mol. The summed E-state index contributed by atoms with van der Waals surface area (Å²) in [7, 11) is -8.38. The smallest absolute Gasteiger partial charge is 0.407 e. The maximum absolute atomic E-state index is 6.77. The largest absolute Gasteiger partial charge is 0.420 e. The molecule has 0 aromatic rings. The fraction of sp³-hybridized carbons (Fsp3) is 1.00. The molecule has 22 heavy (non-hydrogen) atoms. The molecule has 1 fully saturated rings. The molecular formula is C12H34N2O4Si4. The first-order chi connectivity index (χ1) is 10.2. The van der Waals surface area contributed by atoms with Crippen molar-refractivity contribution < 1.29 is 16.5 Å². The molecule has 0 aliphatic carbocycles. The molecule has 4 unspecified atom stereocenters. The van der Waals surface area contributed by atoms with Crippen molar-refractivity contribution >= 4 is 36.0 Å². The highest BCUT2D eigenvalue weighted by molar-refractivity contribution is 6.84. The van der Waals surface area contributed by atoms with Gasteiger partial charge in [0, 0.05) is 0 Å². The Morgan fingerprint density at radius 1 is 0.727 bits per heavy atom. The number of nitrogens with zero attached hydrogens (tertiary/aromatic N) is 2. The second-order valence-electron chi connectivity index (χ2n) is 5.75. The molecule has 0 saturated carbocycles. The van der Waals surface area contributed by atoms with E-state index in [1.165, 1.54) is 0 Å². The molecular weight excluding hydrogens is 348 g/mol. The van der Waals surface area contributed by atoms with E-state index in [2.05, 4.69) is 63.0 Å². The molecule has 10 heteroatoms. The molecule has 1 aliphatic heterocycles. The fourth-order valence-electron chi connectivity index (χ4n) is 3.22. The first-order valence-electron chi connectivity index (χ1n) is 8.45. The van der Waals surface area contributed by atoms with E-state index in [-0.39, 0.29) is 0 Å². The highest BCUT2D eigenvalue weighted by Crippen LogP contribution is 2.27. The Hall–Kier alpha value is 0.628. The summed E-state index contributed by atoms with van der Waals surface area (Å²) in [6.07, 6.45) is 0. The zero-order valence-corrected chi connectivity index (χ0v) is 19.8. The monoisotopic (exact) mass is 382 g/mol. The summed E-state index contributed by atoms with van der Waals surface area (Å²) in [4.78, 5) is 0. The van der Waals surface area contributed by atoms with Crippen LogP contribution in [0.15, 0.2) is 0 Å². The molecule has 1 saturated heterocycles. The minimum absolute atomic E-state index is 0.927. The zero-order chi connectivity index (χ0) is 17.0. The lowest BCUT2D eigenvalue weighted by atomic mass is 10.7. The van der Waals surface area contributed by atoms with E-state index in [0.29, 0.717) is 0 Å². The van der Waals surface area contributed by atoms with Gasteiger partial charge in [0.05, 0.1) is 0 Å². The van der Waals surface area contributed by atoms with Gasteiger partial charge in [0.2, 0.25) is 0 Å². The van der Waals surface area contributed by atoms with Gasteiger partial charge in [-0.1, -0.05) is 27.7 Å². The molecule has 0 aromatic heterocycles. The van der Waals surface area contributed by atoms with E-state index in [1.807, 2.05) is 0 Å². The first-order valence-corrected chi connectivity index (χ1v) is 17.2. The molecule has 4 atom stereocenters. The summed E-state index contributed by atoms with van der Waals surface area (Å²) >= 11 is 0. The maximum Gasteiger partial charge on any atom is 0.407 e. The van der Waals surface area contributed by atoms with Crippen LogP contribution in [-0.4, -0.2) is 71.3 Å². The van der Waals surface area contributed by atoms with E-state index in [0.717, 1.165) is 26.2 Å². The average molecular weight is 383 g/mol. The third kappa shape index (κ3) is 4.81. The van der Waals surface area contributed by atoms with Crippen LogP contribution in [0.2, 0.25) is 26.2 Å². The number of rotatable bonds is 6. The molecule has 1 rings (SSSR count). The minimum atomic E-state index is -2.48. The van der Waals surface area contributed by atoms with Crippen LogP contribution >= 0.6 is 0 Å². The van der Waals surface area contributed by atoms with Crippen molar-refractivity contribution in [1.29, 1.82) is 0 Å². The molecule has 0 bridgehead atoms. The standard InChI is InChI=1S/C12H34N2O4Si4/c1-9-13(10-2)21(7)16-19(5)15-20(6)17-22(8,18-21)14(11-3)12-4/h19-20H,9-12H2,1-8H3. The van der Waals surface area contributed by atoms with Gasteiger partial charge >= 0.3 is 36.0 Å². The summed E-state index contributed by atoms with van der Waals surface area (Å²) in [5.41, 5.74) is 0. The zero-order valence-electron chi connectivity index (χ0n) is 15.5. The minimum Gasteiger partial charge on any atom is -0.420 e. The van der Waals surface area contributed by atoms with Gasteiger partial charge in [0.1, 0.15) is 0 Å². The highest BCUT2D eigenvalue weighted by atomic mass is 28.5. The summed E-state index contributed by atoms with van der Waals surface area (Å²) in [5, 5.41) is 0. The van der Waals surface area contributed by atoms with Gasteiger partial charge in [0.15, 0.2) is 0 Å². The highest BCUT2D eigenvalue weighted by Gasteiger charge is 2.53. The normalized spacial score (nSPS) is 37.4. The molecule has 0 radical (unpaired) electrons. The maximum atomic E-state index is 6.77. The van der Waals surface area contributed by atoms with Crippen LogP contribution in [0.4, 0.5) is 0 Å². The van der Waals surface area contributed by atoms with Crippen molar-refractivity contribution in [2.75, 3.05) is 26.2 Å². The number of hydrogen-bond donors (Lipinski definition) is 0. The molecule has 0 spiro atoms. The van der Waals surface area contributed by atoms with Crippen LogP contribution in [0.25, 0.3) is 0 Å². The summed E-state index contributed by atoms with van der Waals surface area (Å²) < 4.78 is 30.5. The van der Waals surface area contributed by atoms with Crippen molar-refractivity contribution in [3.8, 4) is 0 Å². The topological polar surface area (TPSA) is 43.4 Å². The van der Waals surface area contributed by atoms with Gasteiger partial charge in [-0.05, 0) is 52.4 Å². The van der Waals surface area contributed by atoms with Gasteiger partial charge in [-0.25, -0.2) is 0 Å². The van der Waals surface area contributed by atoms with Crippen LogP contribution in [0.3, 0.4) is 0 Å². The van der Waals surface area contributed by atoms with Gasteiger partial charge in [-0.3, -0.25) is 9.13 Å². The molecule has 0 amide bonds. The molecule has 132 valence electrons. The lowest BCUT2D eigenvalue weighted by Gasteiger charge is -2.48. The van der Waals surface area contributed by atoms with Crippen molar-refractivity contribution in [2.24, 2.45) is 0 Å². The molecule has 1 aliphatic rings. The van der Waals surface area contributed by atoms with E-state index in [4.69, 9.17) is 16.5 Å². The molecule has 1 heterocycles. The Bertz CT molecular complexity index is 319. The second-order valence-corrected chi connectivity index (χ2v) is 16.7. The van der Waals surface area contributed by atoms with E-state index < -0.39 is 36.0 Å². The Balaban J connectivity index is 3.16. The van der Waals surface area contributed by atoms with Gasteiger partial charge in [-0.2, -0.15) is 0 Å². The number of hydrogen-bond acceptors (Lipinski definition) is 6. The SMILES string of the molecule is CCN(CC)[Si]1(C)O[SiH](C)O[SiH](C)O[Si](C)(N(CC)CC)O1. The third-order valence-electron chi connectivity index (χ3n) is 4.21. The fourth-order valence-corrected chi connectivity index (χ4v) is 20.3. The Morgan fingerprint density at radius 2 is 1.05 bits per heavy atom. The van der Waals surface area contributed by atoms with E-state index in [9.17, 15) is 0 Å². The second kappa shape index (κ2) is 8.64. The lowest BCUT2D eigenvalue weighted by molar-refractivity contribution is 0.166. The van der Waals surface area contributed by atoms with E-state index in [1.54, 1.807) is 0 Å². The summed E-state index contributed by atoms with van der Waals surface area (Å²) in [6.45, 7) is 20.8. The third-order valence-corrected chi connectivity index (χ3v) is 20.0. The van der Waals surface area contributed by atoms with Crippen LogP contribution in [0, 0.1) is 0 Å². The Morgan fingerprint density at radius 3 is 1.32 bits per heavy atom. The van der Waals surface area contributed by atoms with Crippen molar-refractivity contribution in [2.45, 2.75) is 53.9 Å². The molecule has 0 aromatic carbocycles. The van der Waals surface area contributed by atoms with Crippen LogP contribution in [0.1, 0.15) is 27.7 Å². The van der Waals surface area contributed by atoms with Gasteiger partial charge < -0.3 is 16.5 Å². The Kier molecular flexibility index (Phi) is 8.12. The van der Waals surface area contributed by atoms with Gasteiger partial charge in [-0.15, -0.1) is 0 Å². The van der Waals surface area contributed by atoms with Crippen LogP contribution < -0.4 is 0 Å². The van der Waals surface area contributed by atoms with Gasteiger partial charge in [0.25, 0.3) is 0 Å². The van der Waals surface area contributed by atoms with Crippen molar-refractivity contribution in [3.05, 3.63) is 0 Å². The summed E-state index contributed by atoms with van der Waals surface area (Å²) in [6, 6.07) is 0. The van der Waals surface area contributed by atoms with E-state index >= 15 is 0 Å². The lowest BCUT2D eigenvalue weighted by Crippen LogP contribution is -2.71. The first kappa shape index (κ1) is 20.7. The molecule has 6 nitrogen and oxygen atoms in total. The predicted octanol–water partition coefficient (Wildman–Crippen LogP) is 1.59. The molecule has 0 N–H and O–H groups in total. The quantitative estimate of drug-likeness (QED) is 0.650. The summed E-state index contributed by atoms with van der Waals surface area (Å²) in [5.74, 6) is 0.